The fourth-order valence-corrected chi connectivity index (χ4v) is 0.993. The van der Waals surface area contributed by atoms with E-state index in [1.54, 1.807) is 0 Å². The average molecular weight is 473 g/mol. The normalized spacial score (nSPS) is 12.5. The lowest BCUT2D eigenvalue weighted by molar-refractivity contribution is -0.221. The molecular formula is C15H21F6NO9. The monoisotopic (exact) mass is 473 g/mol. The van der Waals surface area contributed by atoms with Crippen LogP contribution >= 0.6 is 0 Å². The van der Waals surface area contributed by atoms with Crippen LogP contribution in [0, 0.1) is 0 Å². The highest BCUT2D eigenvalue weighted by molar-refractivity contribution is 5.90. The maximum atomic E-state index is 11.2. The summed E-state index contributed by atoms with van der Waals surface area (Å²) in [5, 5.41) is 15.6. The van der Waals surface area contributed by atoms with Crippen LogP contribution in [-0.4, -0.2) is 72.0 Å². The number of esters is 2. The number of carbonyl (C=O) groups excluding carboxylic acids is 3. The van der Waals surface area contributed by atoms with E-state index in [1.807, 2.05) is 0 Å². The molecule has 1 aliphatic rings. The number of Topliss-reactive ketones (excluding diaryl/α,β-unsaturated/α-hetero) is 1. The van der Waals surface area contributed by atoms with Crippen LogP contribution in [0.5, 0.6) is 0 Å². The number of hydrogen-bond donors (Lipinski definition) is 3. The van der Waals surface area contributed by atoms with E-state index < -0.39 is 36.2 Å². The van der Waals surface area contributed by atoms with Gasteiger partial charge in [-0.3, -0.25) is 9.59 Å². The van der Waals surface area contributed by atoms with Crippen LogP contribution < -0.4 is 5.73 Å². The minimum atomic E-state index is -5.62. The Morgan fingerprint density at radius 3 is 1.32 bits per heavy atom. The molecule has 0 aromatic heterocycles. The Kier molecular flexibility index (Phi) is 18.0. The predicted molar refractivity (Wildman–Crippen MR) is 87.5 cm³/mol. The third kappa shape index (κ3) is 27.2. The molecule has 1 saturated heterocycles. The first-order valence-electron chi connectivity index (χ1n) is 8.06. The van der Waals surface area contributed by atoms with Crippen molar-refractivity contribution in [2.24, 2.45) is 5.73 Å². The van der Waals surface area contributed by atoms with Crippen molar-refractivity contribution < 1.29 is 70.0 Å². The molecule has 31 heavy (non-hydrogen) atoms. The van der Waals surface area contributed by atoms with Crippen molar-refractivity contribution in [1.29, 1.82) is 0 Å². The van der Waals surface area contributed by atoms with E-state index in [9.17, 15) is 50.3 Å². The molecule has 182 valence electrons. The van der Waals surface area contributed by atoms with Crippen LogP contribution in [0.3, 0.4) is 0 Å². The average Bonchev–Trinajstić information content (AvgIpc) is 3.19. The molecular weight excluding hydrogens is 452 g/mol. The van der Waals surface area contributed by atoms with Crippen LogP contribution in [0.2, 0.25) is 0 Å². The van der Waals surface area contributed by atoms with E-state index in [4.69, 9.17) is 14.9 Å². The van der Waals surface area contributed by atoms with Gasteiger partial charge in [0.15, 0.2) is 0 Å². The molecule has 0 aliphatic carbocycles. The molecule has 0 aromatic rings. The summed E-state index contributed by atoms with van der Waals surface area (Å²) in [6, 6.07) is 0. The minimum Gasteiger partial charge on any atom is -0.481 e. The first kappa shape index (κ1) is 32.9. The number of nitrogens with two attached hydrogens (primary N) is 1. The Balaban J connectivity index is -0.000000369. The third-order valence-electron chi connectivity index (χ3n) is 2.34. The Labute approximate surface area is 171 Å². The largest absolute Gasteiger partial charge is 0.491 e. The van der Waals surface area contributed by atoms with E-state index >= 15 is 0 Å². The zero-order chi connectivity index (χ0) is 25.3. The summed E-state index contributed by atoms with van der Waals surface area (Å²) in [7, 11) is 0. The summed E-state index contributed by atoms with van der Waals surface area (Å²) >= 11 is 0. The van der Waals surface area contributed by atoms with Crippen molar-refractivity contribution in [3.63, 3.8) is 0 Å². The van der Waals surface area contributed by atoms with E-state index in [0.717, 1.165) is 13.2 Å². The first-order chi connectivity index (χ1) is 13.9. The molecule has 0 atom stereocenters. The molecule has 1 aliphatic heterocycles. The third-order valence-corrected chi connectivity index (χ3v) is 2.34. The minimum absolute atomic E-state index is 0.0463. The summed E-state index contributed by atoms with van der Waals surface area (Å²) in [4.78, 5) is 48.4. The molecule has 0 unspecified atom stereocenters. The topological polar surface area (TPSA) is 170 Å². The number of rotatable bonds is 4. The molecule has 0 bridgehead atoms. The summed E-state index contributed by atoms with van der Waals surface area (Å²) in [6.45, 7) is 3.10. The van der Waals surface area contributed by atoms with Gasteiger partial charge in [-0.25, -0.2) is 9.59 Å². The van der Waals surface area contributed by atoms with E-state index in [2.05, 4.69) is 10.5 Å². The lowest BCUT2D eigenvalue weighted by atomic mass is 10.2. The predicted octanol–water partition coefficient (Wildman–Crippen LogP) is 1.45. The number of halogens is 6. The van der Waals surface area contributed by atoms with Gasteiger partial charge in [0.2, 0.25) is 0 Å². The highest BCUT2D eigenvalue weighted by Gasteiger charge is 2.49. The highest BCUT2D eigenvalue weighted by atomic mass is 19.4. The Hall–Kier alpha value is -2.75. The maximum absolute atomic E-state index is 11.2. The van der Waals surface area contributed by atoms with Gasteiger partial charge in [-0.1, -0.05) is 0 Å². The number of carbonyl (C=O) groups is 5. The number of aliphatic carboxylic acids is 2. The molecule has 0 amide bonds. The highest BCUT2D eigenvalue weighted by Crippen LogP contribution is 2.21. The quantitative estimate of drug-likeness (QED) is 0.308. The van der Waals surface area contributed by atoms with Gasteiger partial charge in [0.25, 0.3) is 0 Å². The summed E-state index contributed by atoms with van der Waals surface area (Å²) in [5.74, 6) is -8.36. The van der Waals surface area contributed by atoms with Gasteiger partial charge in [-0.15, -0.1) is 0 Å². The van der Waals surface area contributed by atoms with Crippen LogP contribution in [0.4, 0.5) is 26.3 Å². The maximum Gasteiger partial charge on any atom is 0.491 e. The summed E-state index contributed by atoms with van der Waals surface area (Å²) in [5.41, 5.74) is 4.57. The number of hydrogen-bond acceptors (Lipinski definition) is 8. The number of alkyl halides is 6. The van der Waals surface area contributed by atoms with Gasteiger partial charge in [0.1, 0.15) is 5.78 Å². The molecule has 0 spiro atoms. The molecule has 1 rings (SSSR count). The zero-order valence-electron chi connectivity index (χ0n) is 16.0. The molecule has 0 radical (unpaired) electrons. The van der Waals surface area contributed by atoms with Crippen LogP contribution in [-0.2, 0) is 33.4 Å². The van der Waals surface area contributed by atoms with Gasteiger partial charge in [0, 0.05) is 19.6 Å². The molecule has 1 fully saturated rings. The molecule has 0 aromatic carbocycles. The zero-order valence-corrected chi connectivity index (χ0v) is 16.0. The van der Waals surface area contributed by atoms with Gasteiger partial charge in [0.05, 0.1) is 13.0 Å². The first-order valence-corrected chi connectivity index (χ1v) is 8.06. The van der Waals surface area contributed by atoms with Crippen LogP contribution in [0.1, 0.15) is 32.6 Å². The van der Waals surface area contributed by atoms with Crippen molar-refractivity contribution in [1.82, 2.24) is 0 Å². The van der Waals surface area contributed by atoms with E-state index in [0.29, 0.717) is 0 Å². The van der Waals surface area contributed by atoms with Crippen molar-refractivity contribution >= 4 is 29.7 Å². The second-order valence-electron chi connectivity index (χ2n) is 5.19. The van der Waals surface area contributed by atoms with Gasteiger partial charge in [-0.2, -0.15) is 26.3 Å². The van der Waals surface area contributed by atoms with Crippen molar-refractivity contribution in [2.75, 3.05) is 19.8 Å². The Morgan fingerprint density at radius 2 is 1.19 bits per heavy atom. The fourth-order valence-electron chi connectivity index (χ4n) is 0.993. The van der Waals surface area contributed by atoms with E-state index in [-0.39, 0.29) is 25.2 Å². The van der Waals surface area contributed by atoms with Crippen LogP contribution in [0.25, 0.3) is 0 Å². The van der Waals surface area contributed by atoms with Crippen molar-refractivity contribution in [3.05, 3.63) is 0 Å². The summed E-state index contributed by atoms with van der Waals surface area (Å²) in [6.07, 6.45) is -8.59. The fraction of sp³-hybridized carbons (Fsp3) is 0.667. The molecule has 10 nitrogen and oxygen atoms in total. The Morgan fingerprint density at radius 1 is 0.839 bits per heavy atom. The van der Waals surface area contributed by atoms with Gasteiger partial charge in [-0.05, 0) is 19.8 Å². The molecule has 16 heteroatoms. The van der Waals surface area contributed by atoms with E-state index in [1.165, 1.54) is 19.8 Å². The number of ether oxygens (including phenoxy) is 2. The number of ketones is 1. The molecule has 4 N–H and O–H groups in total. The second-order valence-corrected chi connectivity index (χ2v) is 5.19. The van der Waals surface area contributed by atoms with Crippen molar-refractivity contribution in [3.8, 4) is 0 Å². The Bertz CT molecular complexity index is 541. The molecule has 1 heterocycles. The lowest BCUT2D eigenvalue weighted by Gasteiger charge is -2.06. The summed E-state index contributed by atoms with van der Waals surface area (Å²) < 4.78 is 74.6. The number of carboxylic acids is 2. The lowest BCUT2D eigenvalue weighted by Crippen LogP contribution is -2.34. The standard InChI is InChI=1S/C5H8O3.C4F6O3.C4H8O.C2H5NO2/c1-4(6)2-3-5(7)8;5-3(6,7)1(11)13-2(12)4(8,9)10;1-2-4-5-3-1;3-1-2(4)5/h2-3H2,1H3,(H,7,8);;1-4H2;1,3H2,(H,4,5). The second kappa shape index (κ2) is 17.0. The van der Waals surface area contributed by atoms with Crippen LogP contribution in [0.15, 0.2) is 0 Å². The van der Waals surface area contributed by atoms with Crippen molar-refractivity contribution in [2.45, 2.75) is 45.0 Å². The van der Waals surface area contributed by atoms with Gasteiger partial charge >= 0.3 is 36.2 Å². The number of carboxylic acid groups (broad SMARTS) is 2. The SMILES string of the molecule is C1CCOC1.CC(=O)CCC(=O)O.NCC(=O)O.O=C(OC(=O)C(F)(F)F)C(F)(F)F. The van der Waals surface area contributed by atoms with Gasteiger partial charge < -0.3 is 30.2 Å². The molecule has 0 saturated carbocycles. The smallest absolute Gasteiger partial charge is 0.481 e.